The van der Waals surface area contributed by atoms with Gasteiger partial charge in [0.25, 0.3) is 15.9 Å². The second-order valence-corrected chi connectivity index (χ2v) is 9.31. The molecule has 0 aromatic heterocycles. The number of para-hydroxylation sites is 1. The molecule has 0 aliphatic heterocycles. The summed E-state index contributed by atoms with van der Waals surface area (Å²) >= 11 is 1.53. The van der Waals surface area contributed by atoms with E-state index in [1.165, 1.54) is 35.2 Å². The van der Waals surface area contributed by atoms with E-state index in [-0.39, 0.29) is 16.4 Å². The normalized spacial score (nSPS) is 11.1. The largest absolute Gasteiger partial charge is 0.321 e. The molecule has 0 aliphatic carbocycles. The summed E-state index contributed by atoms with van der Waals surface area (Å²) in [5, 5.41) is 2.86. The molecule has 7 heteroatoms. The van der Waals surface area contributed by atoms with Gasteiger partial charge < -0.3 is 5.32 Å². The molecule has 0 saturated carbocycles. The third kappa shape index (κ3) is 4.63. The van der Waals surface area contributed by atoms with E-state index in [2.05, 4.69) is 5.32 Å². The molecule has 3 aromatic carbocycles. The number of aryl methyl sites for hydroxylation is 1. The number of nitrogens with one attached hydrogen (secondary N) is 1. The Balaban J connectivity index is 1.88. The lowest BCUT2D eigenvalue weighted by molar-refractivity contribution is 0.102. The molecule has 3 aromatic rings. The van der Waals surface area contributed by atoms with Crippen LogP contribution in [0.2, 0.25) is 0 Å². The molecule has 29 heavy (non-hydrogen) atoms. The Bertz CT molecular complexity index is 1130. The van der Waals surface area contributed by atoms with Crippen molar-refractivity contribution in [3.8, 4) is 0 Å². The zero-order valence-electron chi connectivity index (χ0n) is 16.4. The van der Waals surface area contributed by atoms with Crippen LogP contribution in [0.25, 0.3) is 0 Å². The van der Waals surface area contributed by atoms with Crippen LogP contribution < -0.4 is 9.62 Å². The topological polar surface area (TPSA) is 66.5 Å². The smallest absolute Gasteiger partial charge is 0.264 e. The predicted molar refractivity (Wildman–Crippen MR) is 119 cm³/mol. The summed E-state index contributed by atoms with van der Waals surface area (Å²) in [5.41, 5.74) is 2.57. The first-order chi connectivity index (χ1) is 13.8. The number of rotatable bonds is 6. The summed E-state index contributed by atoms with van der Waals surface area (Å²) in [6.07, 6.45) is 1.93. The fourth-order valence-electron chi connectivity index (χ4n) is 2.79. The second-order valence-electron chi connectivity index (χ2n) is 6.49. The molecule has 0 aliphatic rings. The Morgan fingerprint density at radius 1 is 0.966 bits per heavy atom. The molecule has 1 N–H and O–H groups in total. The lowest BCUT2D eigenvalue weighted by Crippen LogP contribution is -2.26. The lowest BCUT2D eigenvalue weighted by atomic mass is 10.2. The summed E-state index contributed by atoms with van der Waals surface area (Å²) in [6.45, 7) is 1.94. The summed E-state index contributed by atoms with van der Waals surface area (Å²) in [7, 11) is -2.30. The third-order valence-electron chi connectivity index (χ3n) is 4.51. The van der Waals surface area contributed by atoms with Crippen molar-refractivity contribution in [3.63, 3.8) is 0 Å². The van der Waals surface area contributed by atoms with E-state index in [0.717, 1.165) is 10.5 Å². The number of carbonyl (C=O) groups is 1. The number of carbonyl (C=O) groups excluding carboxylic acids is 1. The summed E-state index contributed by atoms with van der Waals surface area (Å²) in [4.78, 5) is 13.7. The van der Waals surface area contributed by atoms with Crippen LogP contribution >= 0.6 is 11.8 Å². The van der Waals surface area contributed by atoms with Gasteiger partial charge in [-0.25, -0.2) is 8.42 Å². The van der Waals surface area contributed by atoms with E-state index >= 15 is 0 Å². The summed E-state index contributed by atoms with van der Waals surface area (Å²) < 4.78 is 27.3. The van der Waals surface area contributed by atoms with E-state index in [1.54, 1.807) is 24.3 Å². The van der Waals surface area contributed by atoms with Crippen LogP contribution in [0.1, 0.15) is 15.9 Å². The van der Waals surface area contributed by atoms with Gasteiger partial charge in [0.05, 0.1) is 16.3 Å². The van der Waals surface area contributed by atoms with Crippen LogP contribution in [0.4, 0.5) is 11.4 Å². The second kappa shape index (κ2) is 8.71. The quantitative estimate of drug-likeness (QED) is 0.575. The standard InChI is InChI=1S/C22H22N2O3S2/c1-16-11-13-18(14-12-16)24(2)29(26,27)19-8-6-7-17(15-19)22(25)23-20-9-4-5-10-21(20)28-3/h4-15H,1-3H3,(H,23,25). The molecule has 0 radical (unpaired) electrons. The van der Waals surface area contributed by atoms with E-state index < -0.39 is 10.0 Å². The maximum absolute atomic E-state index is 13.0. The van der Waals surface area contributed by atoms with Crippen LogP contribution in [0, 0.1) is 6.92 Å². The van der Waals surface area contributed by atoms with Gasteiger partial charge in [-0.2, -0.15) is 0 Å². The van der Waals surface area contributed by atoms with Gasteiger partial charge in [-0.15, -0.1) is 11.8 Å². The molecule has 0 bridgehead atoms. The van der Waals surface area contributed by atoms with E-state index in [9.17, 15) is 13.2 Å². The van der Waals surface area contributed by atoms with Crippen LogP contribution in [0.5, 0.6) is 0 Å². The van der Waals surface area contributed by atoms with E-state index in [0.29, 0.717) is 11.4 Å². The van der Waals surface area contributed by atoms with Gasteiger partial charge >= 0.3 is 0 Å². The summed E-state index contributed by atoms with van der Waals surface area (Å²) in [6, 6.07) is 20.8. The van der Waals surface area contributed by atoms with Gasteiger partial charge in [-0.3, -0.25) is 9.10 Å². The fourth-order valence-corrected chi connectivity index (χ4v) is 4.59. The van der Waals surface area contributed by atoms with Gasteiger partial charge in [0.15, 0.2) is 0 Å². The van der Waals surface area contributed by atoms with Crippen molar-refractivity contribution >= 4 is 39.1 Å². The highest BCUT2D eigenvalue weighted by atomic mass is 32.2. The van der Waals surface area contributed by atoms with Crippen LogP contribution in [-0.2, 0) is 10.0 Å². The summed E-state index contributed by atoms with van der Waals surface area (Å²) in [5.74, 6) is -0.360. The predicted octanol–water partition coefficient (Wildman–Crippen LogP) is 4.79. The lowest BCUT2D eigenvalue weighted by Gasteiger charge is -2.20. The van der Waals surface area contributed by atoms with Crippen LogP contribution in [-0.4, -0.2) is 27.6 Å². The molecule has 0 saturated heterocycles. The Labute approximate surface area is 175 Å². The van der Waals surface area contributed by atoms with E-state index in [4.69, 9.17) is 0 Å². The van der Waals surface area contributed by atoms with Gasteiger partial charge in [-0.05, 0) is 55.6 Å². The number of anilines is 2. The van der Waals surface area contributed by atoms with Crippen molar-refractivity contribution in [1.82, 2.24) is 0 Å². The van der Waals surface area contributed by atoms with Gasteiger partial charge in [0.2, 0.25) is 0 Å². The van der Waals surface area contributed by atoms with Crippen molar-refractivity contribution in [1.29, 1.82) is 0 Å². The maximum atomic E-state index is 13.0. The molecule has 3 rings (SSSR count). The highest BCUT2D eigenvalue weighted by molar-refractivity contribution is 7.98. The Morgan fingerprint density at radius 3 is 2.34 bits per heavy atom. The van der Waals surface area contributed by atoms with E-state index in [1.807, 2.05) is 49.6 Å². The Hall–Kier alpha value is -2.77. The molecule has 0 unspecified atom stereocenters. The molecule has 1 amide bonds. The molecule has 150 valence electrons. The van der Waals surface area contributed by atoms with Gasteiger partial charge in [0, 0.05) is 17.5 Å². The zero-order valence-corrected chi connectivity index (χ0v) is 18.0. The van der Waals surface area contributed by atoms with Gasteiger partial charge in [-0.1, -0.05) is 35.9 Å². The van der Waals surface area contributed by atoms with Crippen molar-refractivity contribution in [2.75, 3.05) is 22.9 Å². The zero-order chi connectivity index (χ0) is 21.0. The average Bonchev–Trinajstić information content (AvgIpc) is 2.74. The molecular formula is C22H22N2O3S2. The number of hydrogen-bond donors (Lipinski definition) is 1. The number of hydrogen-bond acceptors (Lipinski definition) is 4. The average molecular weight is 427 g/mol. The third-order valence-corrected chi connectivity index (χ3v) is 7.08. The Morgan fingerprint density at radius 2 is 1.66 bits per heavy atom. The Kier molecular flexibility index (Phi) is 6.30. The molecule has 0 heterocycles. The van der Waals surface area contributed by atoms with Crippen molar-refractivity contribution in [2.24, 2.45) is 0 Å². The SMILES string of the molecule is CSc1ccccc1NC(=O)c1cccc(S(=O)(=O)N(C)c2ccc(C)cc2)c1. The minimum Gasteiger partial charge on any atom is -0.321 e. The molecular weight excluding hydrogens is 404 g/mol. The number of benzene rings is 3. The van der Waals surface area contributed by atoms with Gasteiger partial charge in [0.1, 0.15) is 0 Å². The highest BCUT2D eigenvalue weighted by Gasteiger charge is 2.22. The first-order valence-electron chi connectivity index (χ1n) is 8.93. The number of nitrogens with zero attached hydrogens (tertiary/aromatic N) is 1. The molecule has 0 spiro atoms. The van der Waals surface area contributed by atoms with Crippen LogP contribution in [0.3, 0.4) is 0 Å². The number of thioether (sulfide) groups is 1. The van der Waals surface area contributed by atoms with Crippen LogP contribution in [0.15, 0.2) is 82.6 Å². The molecule has 0 fully saturated rings. The first kappa shape index (κ1) is 21.0. The monoisotopic (exact) mass is 426 g/mol. The molecule has 0 atom stereocenters. The van der Waals surface area contributed by atoms with Crippen molar-refractivity contribution in [3.05, 3.63) is 83.9 Å². The molecule has 5 nitrogen and oxygen atoms in total. The maximum Gasteiger partial charge on any atom is 0.264 e. The van der Waals surface area contributed by atoms with Crippen molar-refractivity contribution in [2.45, 2.75) is 16.7 Å². The van der Waals surface area contributed by atoms with Crippen molar-refractivity contribution < 1.29 is 13.2 Å². The number of amides is 1. The first-order valence-corrected chi connectivity index (χ1v) is 11.6. The minimum absolute atomic E-state index is 0.0615. The number of sulfonamides is 1. The fraction of sp³-hybridized carbons (Fsp3) is 0.136. The highest BCUT2D eigenvalue weighted by Crippen LogP contribution is 2.26. The minimum atomic E-state index is -3.80.